The van der Waals surface area contributed by atoms with Gasteiger partial charge in [-0.15, -0.1) is 11.3 Å². The number of thiazole rings is 1. The number of morpholine rings is 1. The molecule has 5 nitrogen and oxygen atoms in total. The Hall–Kier alpha value is -1.18. The van der Waals surface area contributed by atoms with Gasteiger partial charge in [-0.1, -0.05) is 11.3 Å². The van der Waals surface area contributed by atoms with Gasteiger partial charge in [0, 0.05) is 13.1 Å². The first-order valence-corrected chi connectivity index (χ1v) is 8.58. The molecule has 0 atom stereocenters. The van der Waals surface area contributed by atoms with E-state index in [1.165, 1.54) is 11.3 Å². The van der Waals surface area contributed by atoms with Gasteiger partial charge in [-0.05, 0) is 26.8 Å². The Morgan fingerprint density at radius 2 is 2.33 bits per heavy atom. The fourth-order valence-corrected chi connectivity index (χ4v) is 4.47. The molecule has 7 heteroatoms. The van der Waals surface area contributed by atoms with Gasteiger partial charge in [-0.2, -0.15) is 0 Å². The van der Waals surface area contributed by atoms with Crippen LogP contribution in [0.25, 0.3) is 9.53 Å². The number of carbonyl (C=O) groups excluding carboxylic acids is 1. The number of nitrogens with zero attached hydrogens (tertiary/aromatic N) is 2. The average Bonchev–Trinajstić information content (AvgIpc) is 2.95. The molecular formula is C14H18N2O3S2. The summed E-state index contributed by atoms with van der Waals surface area (Å²) in [5.74, 6) is -0.262. The lowest BCUT2D eigenvalue weighted by molar-refractivity contribution is -0.0276. The van der Waals surface area contributed by atoms with E-state index in [4.69, 9.17) is 9.47 Å². The maximum absolute atomic E-state index is 11.7. The number of fused-ring (bicyclic) bond motifs is 1. The van der Waals surface area contributed by atoms with E-state index in [9.17, 15) is 4.79 Å². The van der Waals surface area contributed by atoms with E-state index in [1.807, 2.05) is 13.0 Å². The molecule has 3 heterocycles. The summed E-state index contributed by atoms with van der Waals surface area (Å²) in [6, 6.07) is 1.88. The predicted molar refractivity (Wildman–Crippen MR) is 85.7 cm³/mol. The Morgan fingerprint density at radius 1 is 1.52 bits per heavy atom. The van der Waals surface area contributed by atoms with Gasteiger partial charge in [-0.3, -0.25) is 0 Å². The molecule has 2 aromatic heterocycles. The van der Waals surface area contributed by atoms with Gasteiger partial charge < -0.3 is 14.4 Å². The third-order valence-electron chi connectivity index (χ3n) is 3.25. The highest BCUT2D eigenvalue weighted by atomic mass is 32.1. The topological polar surface area (TPSA) is 51.7 Å². The molecule has 0 unspecified atom stereocenters. The molecule has 0 aliphatic carbocycles. The van der Waals surface area contributed by atoms with Crippen LogP contribution in [-0.4, -0.2) is 42.9 Å². The van der Waals surface area contributed by atoms with Crippen LogP contribution in [0.5, 0.6) is 0 Å². The van der Waals surface area contributed by atoms with Gasteiger partial charge >= 0.3 is 5.97 Å². The molecular weight excluding hydrogens is 308 g/mol. The molecule has 0 aromatic carbocycles. The SMILES string of the molecule is CCOC(=O)c1cc2sc(N3CCOC(C)(C)C3)nc2s1. The highest BCUT2D eigenvalue weighted by Gasteiger charge is 2.29. The Balaban J connectivity index is 1.82. The third-order valence-corrected chi connectivity index (χ3v) is 5.45. The smallest absolute Gasteiger partial charge is 0.348 e. The van der Waals surface area contributed by atoms with Crippen LogP contribution in [0, 0.1) is 0 Å². The highest BCUT2D eigenvalue weighted by molar-refractivity contribution is 7.29. The van der Waals surface area contributed by atoms with Crippen molar-refractivity contribution in [2.75, 3.05) is 31.2 Å². The fraction of sp³-hybridized carbons (Fsp3) is 0.571. The molecule has 0 N–H and O–H groups in total. The normalized spacial score (nSPS) is 18.1. The summed E-state index contributed by atoms with van der Waals surface area (Å²) in [6.07, 6.45) is 0. The zero-order valence-corrected chi connectivity index (χ0v) is 14.0. The van der Waals surface area contributed by atoms with E-state index >= 15 is 0 Å². The van der Waals surface area contributed by atoms with Crippen LogP contribution in [0.3, 0.4) is 0 Å². The van der Waals surface area contributed by atoms with E-state index in [0.29, 0.717) is 18.1 Å². The predicted octanol–water partition coefficient (Wildman–Crippen LogP) is 3.15. The van der Waals surface area contributed by atoms with Crippen LogP contribution < -0.4 is 4.90 Å². The van der Waals surface area contributed by atoms with Crippen molar-refractivity contribution in [2.24, 2.45) is 0 Å². The minimum atomic E-state index is -0.262. The highest BCUT2D eigenvalue weighted by Crippen LogP contribution is 2.36. The number of ether oxygens (including phenoxy) is 2. The minimum absolute atomic E-state index is 0.145. The number of thiophene rings is 1. The molecule has 2 aromatic rings. The maximum atomic E-state index is 11.7. The largest absolute Gasteiger partial charge is 0.462 e. The molecule has 0 amide bonds. The van der Waals surface area contributed by atoms with Gasteiger partial charge in [0.25, 0.3) is 0 Å². The zero-order chi connectivity index (χ0) is 15.0. The monoisotopic (exact) mass is 326 g/mol. The zero-order valence-electron chi connectivity index (χ0n) is 12.3. The lowest BCUT2D eigenvalue weighted by Crippen LogP contribution is -2.48. The Labute approximate surface area is 131 Å². The van der Waals surface area contributed by atoms with Gasteiger partial charge in [0.2, 0.25) is 0 Å². The molecule has 3 rings (SSSR count). The second-order valence-electron chi connectivity index (χ2n) is 5.53. The fourth-order valence-electron chi connectivity index (χ4n) is 2.34. The van der Waals surface area contributed by atoms with Gasteiger partial charge in [0.15, 0.2) is 5.13 Å². The van der Waals surface area contributed by atoms with Crippen molar-refractivity contribution in [3.63, 3.8) is 0 Å². The van der Waals surface area contributed by atoms with Crippen molar-refractivity contribution in [2.45, 2.75) is 26.4 Å². The van der Waals surface area contributed by atoms with Gasteiger partial charge in [-0.25, -0.2) is 9.78 Å². The van der Waals surface area contributed by atoms with E-state index < -0.39 is 0 Å². The number of hydrogen-bond acceptors (Lipinski definition) is 7. The van der Waals surface area contributed by atoms with Crippen LogP contribution in [-0.2, 0) is 9.47 Å². The molecule has 1 aliphatic heterocycles. The molecule has 0 bridgehead atoms. The maximum Gasteiger partial charge on any atom is 0.348 e. The van der Waals surface area contributed by atoms with Crippen molar-refractivity contribution in [1.29, 1.82) is 0 Å². The van der Waals surface area contributed by atoms with Crippen LogP contribution in [0.4, 0.5) is 5.13 Å². The van der Waals surface area contributed by atoms with Crippen molar-refractivity contribution in [3.8, 4) is 0 Å². The van der Waals surface area contributed by atoms with Gasteiger partial charge in [0.1, 0.15) is 9.71 Å². The molecule has 0 spiro atoms. The van der Waals surface area contributed by atoms with Crippen LogP contribution in [0.2, 0.25) is 0 Å². The summed E-state index contributed by atoms with van der Waals surface area (Å²) in [5, 5.41) is 1.00. The van der Waals surface area contributed by atoms with E-state index in [0.717, 1.165) is 27.8 Å². The summed E-state index contributed by atoms with van der Waals surface area (Å²) < 4.78 is 11.8. The van der Waals surface area contributed by atoms with E-state index in [1.54, 1.807) is 11.3 Å². The number of aromatic nitrogens is 1. The lowest BCUT2D eigenvalue weighted by Gasteiger charge is -2.37. The number of anilines is 1. The van der Waals surface area contributed by atoms with Crippen molar-refractivity contribution >= 4 is 43.3 Å². The van der Waals surface area contributed by atoms with Crippen molar-refractivity contribution in [1.82, 2.24) is 4.98 Å². The van der Waals surface area contributed by atoms with E-state index in [-0.39, 0.29) is 11.6 Å². The van der Waals surface area contributed by atoms with Crippen LogP contribution in [0.1, 0.15) is 30.4 Å². The molecule has 1 saturated heterocycles. The number of esters is 1. The van der Waals surface area contributed by atoms with Gasteiger partial charge in [0.05, 0.1) is 23.5 Å². The molecule has 1 aliphatic rings. The second kappa shape index (κ2) is 5.55. The quantitative estimate of drug-likeness (QED) is 0.811. The lowest BCUT2D eigenvalue weighted by atomic mass is 10.1. The summed E-state index contributed by atoms with van der Waals surface area (Å²) >= 11 is 3.02. The Kier molecular flexibility index (Phi) is 3.90. The first kappa shape index (κ1) is 14.7. The molecule has 1 fully saturated rings. The molecule has 0 saturated carbocycles. The van der Waals surface area contributed by atoms with Crippen molar-refractivity contribution in [3.05, 3.63) is 10.9 Å². The number of rotatable bonds is 3. The average molecular weight is 326 g/mol. The summed E-state index contributed by atoms with van der Waals surface area (Å²) in [7, 11) is 0. The summed E-state index contributed by atoms with van der Waals surface area (Å²) in [5.41, 5.74) is -0.145. The van der Waals surface area contributed by atoms with Crippen LogP contribution in [0.15, 0.2) is 6.07 Å². The van der Waals surface area contributed by atoms with Crippen LogP contribution >= 0.6 is 22.7 Å². The first-order chi connectivity index (χ1) is 9.98. The molecule has 0 radical (unpaired) electrons. The Morgan fingerprint density at radius 3 is 3.00 bits per heavy atom. The standard InChI is InChI=1S/C14H18N2O3S2/c1-4-18-12(17)10-7-9-11(20-10)15-13(21-9)16-5-6-19-14(2,3)8-16/h7H,4-6,8H2,1-3H3. The third kappa shape index (κ3) is 3.04. The second-order valence-corrected chi connectivity index (χ2v) is 7.57. The Bertz CT molecular complexity index is 631. The van der Waals surface area contributed by atoms with E-state index in [2.05, 4.69) is 23.7 Å². The molecule has 114 valence electrons. The first-order valence-electron chi connectivity index (χ1n) is 6.95. The van der Waals surface area contributed by atoms with Crippen molar-refractivity contribution < 1.29 is 14.3 Å². The molecule has 21 heavy (non-hydrogen) atoms. The summed E-state index contributed by atoms with van der Waals surface area (Å²) in [4.78, 5) is 20.2. The number of hydrogen-bond donors (Lipinski definition) is 0. The number of carbonyl (C=O) groups is 1. The summed E-state index contributed by atoms with van der Waals surface area (Å²) in [6.45, 7) is 8.79. The minimum Gasteiger partial charge on any atom is -0.462 e.